The number of carbonyl (C=O) groups is 1. The van der Waals surface area contributed by atoms with Crippen LogP contribution in [0.3, 0.4) is 0 Å². The lowest BCUT2D eigenvalue weighted by molar-refractivity contribution is -0.152. The van der Waals surface area contributed by atoms with E-state index < -0.39 is 0 Å². The lowest BCUT2D eigenvalue weighted by Gasteiger charge is -2.36. The largest absolute Gasteiger partial charge is 0.461 e. The molecule has 6 heteroatoms. The molecule has 0 spiro atoms. The van der Waals surface area contributed by atoms with Gasteiger partial charge in [0.2, 0.25) is 0 Å². The number of ether oxygens (including phenoxy) is 1. The monoisotopic (exact) mass is 416 g/mol. The Morgan fingerprint density at radius 3 is 2.66 bits per heavy atom. The van der Waals surface area contributed by atoms with Crippen LogP contribution in [-0.4, -0.2) is 21.6 Å². The highest BCUT2D eigenvalue weighted by Gasteiger charge is 2.31. The van der Waals surface area contributed by atoms with E-state index in [2.05, 4.69) is 32.7 Å². The Balaban J connectivity index is 1.44. The first-order valence-electron chi connectivity index (χ1n) is 10.9. The lowest BCUT2D eigenvalue weighted by atomic mass is 9.72. The molecule has 0 N–H and O–H groups in total. The highest BCUT2D eigenvalue weighted by Crippen LogP contribution is 2.38. The van der Waals surface area contributed by atoms with E-state index in [0.29, 0.717) is 17.3 Å². The molecule has 0 bridgehead atoms. The molecule has 0 radical (unpaired) electrons. The van der Waals surface area contributed by atoms with E-state index in [1.165, 1.54) is 15.8 Å². The van der Waals surface area contributed by atoms with Crippen molar-refractivity contribution in [3.8, 4) is 0 Å². The number of aryl methyl sites for hydroxylation is 1. The third-order valence-electron chi connectivity index (χ3n) is 6.78. The minimum absolute atomic E-state index is 0.0242. The highest BCUT2D eigenvalue weighted by molar-refractivity contribution is 7.18. The maximum atomic E-state index is 13.0. The first kappa shape index (κ1) is 20.6. The summed E-state index contributed by atoms with van der Waals surface area (Å²) in [5.41, 5.74) is 1.36. The van der Waals surface area contributed by atoms with Gasteiger partial charge in [-0.3, -0.25) is 14.2 Å². The van der Waals surface area contributed by atoms with E-state index in [1.54, 1.807) is 11.3 Å². The summed E-state index contributed by atoms with van der Waals surface area (Å²) in [6.45, 7) is 9.04. The molecule has 0 amide bonds. The maximum absolute atomic E-state index is 13.0. The molecule has 0 saturated heterocycles. The molecule has 4 rings (SSSR count). The standard InChI is InChI=1S/C23H32N2O3S/c1-14-5-10-17-18(11-14)29-21-20(17)22(27)25(13-24-21)12-19(26)28-16-8-6-15(7-9-16)23(2,3)4/h13-16H,5-12H2,1-4H3. The fourth-order valence-corrected chi connectivity index (χ4v) is 6.23. The second kappa shape index (κ2) is 7.86. The van der Waals surface area contributed by atoms with E-state index >= 15 is 0 Å². The topological polar surface area (TPSA) is 61.2 Å². The molecule has 1 unspecified atom stereocenters. The number of carbonyl (C=O) groups excluding carboxylic acids is 1. The van der Waals surface area contributed by atoms with Crippen molar-refractivity contribution < 1.29 is 9.53 Å². The number of hydrogen-bond donors (Lipinski definition) is 0. The molecule has 2 aliphatic rings. The Kier molecular flexibility index (Phi) is 5.58. The number of thiophene rings is 1. The lowest BCUT2D eigenvalue weighted by Crippen LogP contribution is -2.32. The van der Waals surface area contributed by atoms with Crippen molar-refractivity contribution in [1.82, 2.24) is 9.55 Å². The quantitative estimate of drug-likeness (QED) is 0.679. The van der Waals surface area contributed by atoms with Gasteiger partial charge in [0.25, 0.3) is 5.56 Å². The summed E-state index contributed by atoms with van der Waals surface area (Å²) in [7, 11) is 0. The number of aromatic nitrogens is 2. The highest BCUT2D eigenvalue weighted by atomic mass is 32.1. The van der Waals surface area contributed by atoms with Crippen molar-refractivity contribution in [2.75, 3.05) is 0 Å². The Bertz CT molecular complexity index is 961. The van der Waals surface area contributed by atoms with Gasteiger partial charge in [-0.25, -0.2) is 4.98 Å². The van der Waals surface area contributed by atoms with Gasteiger partial charge in [0.05, 0.1) is 11.7 Å². The van der Waals surface area contributed by atoms with Gasteiger partial charge in [-0.2, -0.15) is 0 Å². The van der Waals surface area contributed by atoms with Gasteiger partial charge in [-0.05, 0) is 67.8 Å². The maximum Gasteiger partial charge on any atom is 0.326 e. The number of hydrogen-bond acceptors (Lipinski definition) is 5. The van der Waals surface area contributed by atoms with Crippen molar-refractivity contribution in [3.63, 3.8) is 0 Å². The third kappa shape index (κ3) is 4.27. The van der Waals surface area contributed by atoms with Crippen LogP contribution in [0, 0.1) is 17.3 Å². The van der Waals surface area contributed by atoms with Gasteiger partial charge in [0.15, 0.2) is 0 Å². The predicted molar refractivity (Wildman–Crippen MR) is 116 cm³/mol. The minimum atomic E-state index is -0.329. The molecule has 2 aromatic rings. The molecular weight excluding hydrogens is 384 g/mol. The van der Waals surface area contributed by atoms with Crippen LogP contribution in [0.2, 0.25) is 0 Å². The van der Waals surface area contributed by atoms with Crippen LogP contribution in [0.25, 0.3) is 10.2 Å². The third-order valence-corrected chi connectivity index (χ3v) is 7.94. The molecule has 1 saturated carbocycles. The van der Waals surface area contributed by atoms with Crippen molar-refractivity contribution in [3.05, 3.63) is 27.1 Å². The SMILES string of the molecule is CC1CCc2c(sc3ncn(CC(=O)OC4CCC(C(C)(C)C)CC4)c(=O)c23)C1. The van der Waals surface area contributed by atoms with Crippen LogP contribution in [0.5, 0.6) is 0 Å². The molecule has 29 heavy (non-hydrogen) atoms. The molecule has 1 atom stereocenters. The molecule has 158 valence electrons. The summed E-state index contributed by atoms with van der Waals surface area (Å²) in [4.78, 5) is 32.1. The fraction of sp³-hybridized carbons (Fsp3) is 0.696. The molecule has 2 heterocycles. The van der Waals surface area contributed by atoms with Crippen LogP contribution in [0.1, 0.15) is 70.2 Å². The van der Waals surface area contributed by atoms with Crippen LogP contribution >= 0.6 is 11.3 Å². The van der Waals surface area contributed by atoms with Crippen LogP contribution in [0.4, 0.5) is 0 Å². The first-order chi connectivity index (χ1) is 13.7. The molecule has 0 aliphatic heterocycles. The van der Waals surface area contributed by atoms with Crippen LogP contribution in [0.15, 0.2) is 11.1 Å². The minimum Gasteiger partial charge on any atom is -0.461 e. The van der Waals surface area contributed by atoms with Gasteiger partial charge in [-0.1, -0.05) is 27.7 Å². The number of rotatable bonds is 3. The molecule has 2 aliphatic carbocycles. The fourth-order valence-electron chi connectivity index (χ4n) is 4.89. The number of esters is 1. The van der Waals surface area contributed by atoms with Gasteiger partial charge in [0.1, 0.15) is 17.5 Å². The summed E-state index contributed by atoms with van der Waals surface area (Å²) < 4.78 is 7.13. The summed E-state index contributed by atoms with van der Waals surface area (Å²) in [6.07, 6.45) is 8.55. The van der Waals surface area contributed by atoms with Gasteiger partial charge >= 0.3 is 5.97 Å². The summed E-state index contributed by atoms with van der Waals surface area (Å²) in [6, 6.07) is 0. The second-order valence-corrected chi connectivity index (χ2v) is 11.1. The predicted octanol–water partition coefficient (Wildman–Crippen LogP) is 4.73. The van der Waals surface area contributed by atoms with E-state index in [9.17, 15) is 9.59 Å². The van der Waals surface area contributed by atoms with E-state index in [1.807, 2.05) is 0 Å². The zero-order chi connectivity index (χ0) is 20.8. The summed E-state index contributed by atoms with van der Waals surface area (Å²) >= 11 is 1.64. The van der Waals surface area contributed by atoms with Gasteiger partial charge in [0, 0.05) is 4.88 Å². The normalized spacial score (nSPS) is 25.0. The molecular formula is C23H32N2O3S. The Labute approximate surface area is 176 Å². The van der Waals surface area contributed by atoms with E-state index in [4.69, 9.17) is 4.74 Å². The Morgan fingerprint density at radius 2 is 1.97 bits per heavy atom. The first-order valence-corrected chi connectivity index (χ1v) is 11.7. The van der Waals surface area contributed by atoms with Crippen LogP contribution in [-0.2, 0) is 28.9 Å². The summed E-state index contributed by atoms with van der Waals surface area (Å²) in [5, 5.41) is 0.720. The van der Waals surface area contributed by atoms with Crippen LogP contribution < -0.4 is 5.56 Å². The van der Waals surface area contributed by atoms with E-state index in [-0.39, 0.29) is 24.2 Å². The Morgan fingerprint density at radius 1 is 1.24 bits per heavy atom. The smallest absolute Gasteiger partial charge is 0.326 e. The van der Waals surface area contributed by atoms with Crippen molar-refractivity contribution in [1.29, 1.82) is 0 Å². The Hall–Kier alpha value is -1.69. The molecule has 0 aromatic carbocycles. The second-order valence-electron chi connectivity index (χ2n) is 10.0. The van der Waals surface area contributed by atoms with Gasteiger partial charge < -0.3 is 4.74 Å². The number of nitrogens with zero attached hydrogens (tertiary/aromatic N) is 2. The molecule has 1 fully saturated rings. The number of fused-ring (bicyclic) bond motifs is 3. The summed E-state index contributed by atoms with van der Waals surface area (Å²) in [5.74, 6) is 1.01. The zero-order valence-electron chi connectivity index (χ0n) is 18.0. The van der Waals surface area contributed by atoms with Crippen molar-refractivity contribution in [2.45, 2.75) is 85.3 Å². The molecule has 5 nitrogen and oxygen atoms in total. The zero-order valence-corrected chi connectivity index (χ0v) is 18.8. The average molecular weight is 417 g/mol. The molecule has 2 aromatic heterocycles. The van der Waals surface area contributed by atoms with E-state index in [0.717, 1.165) is 60.7 Å². The average Bonchev–Trinajstić information content (AvgIpc) is 3.02. The van der Waals surface area contributed by atoms with Crippen molar-refractivity contribution in [2.24, 2.45) is 17.3 Å². The van der Waals surface area contributed by atoms with Gasteiger partial charge in [-0.15, -0.1) is 11.3 Å². The van der Waals surface area contributed by atoms with Crippen molar-refractivity contribution >= 4 is 27.5 Å².